The predicted octanol–water partition coefficient (Wildman–Crippen LogP) is 2.81. The molecule has 7 heteroatoms. The van der Waals surface area contributed by atoms with E-state index in [1.807, 2.05) is 0 Å². The van der Waals surface area contributed by atoms with Crippen LogP contribution in [-0.4, -0.2) is 17.6 Å². The molecular formula is C11H9ClF2N2O2. The Labute approximate surface area is 107 Å². The molecule has 0 N–H and O–H groups in total. The van der Waals surface area contributed by atoms with Crippen LogP contribution in [0.1, 0.15) is 40.7 Å². The molecule has 0 bridgehead atoms. The normalized spacial score (nSPS) is 10.2. The lowest BCUT2D eigenvalue weighted by atomic mass is 10.1. The lowest BCUT2D eigenvalue weighted by molar-refractivity contribution is 0.0507. The Morgan fingerprint density at radius 2 is 2.33 bits per heavy atom. The first-order valence-corrected chi connectivity index (χ1v) is 5.53. The van der Waals surface area contributed by atoms with Gasteiger partial charge in [0.25, 0.3) is 6.43 Å². The molecule has 0 atom stereocenters. The van der Waals surface area contributed by atoms with E-state index < -0.39 is 23.7 Å². The maximum atomic E-state index is 12.8. The third-order valence-electron chi connectivity index (χ3n) is 2.08. The van der Waals surface area contributed by atoms with Crippen LogP contribution in [-0.2, 0) is 10.6 Å². The van der Waals surface area contributed by atoms with Gasteiger partial charge in [-0.25, -0.2) is 18.6 Å². The molecule has 96 valence electrons. The summed E-state index contributed by atoms with van der Waals surface area (Å²) in [7, 11) is 0. The third-order valence-corrected chi connectivity index (χ3v) is 2.37. The van der Waals surface area contributed by atoms with Gasteiger partial charge in [0.15, 0.2) is 5.69 Å². The maximum absolute atomic E-state index is 12.8. The topological polar surface area (TPSA) is 63.0 Å². The number of ether oxygens (including phenoxy) is 1. The fourth-order valence-corrected chi connectivity index (χ4v) is 1.50. The second-order valence-electron chi connectivity index (χ2n) is 3.20. The molecule has 0 saturated heterocycles. The standard InChI is InChI=1S/C11H9ClF2N2O2/c1-2-18-11(17)9-7(10(13)14)3-6(4-12)8(5-15)16-9/h3,10H,2,4H2,1H3. The molecule has 0 fully saturated rings. The van der Waals surface area contributed by atoms with Crippen molar-refractivity contribution in [2.45, 2.75) is 19.2 Å². The van der Waals surface area contributed by atoms with Gasteiger partial charge in [-0.05, 0) is 13.0 Å². The summed E-state index contributed by atoms with van der Waals surface area (Å²) in [5, 5.41) is 8.80. The molecular weight excluding hydrogens is 266 g/mol. The van der Waals surface area contributed by atoms with Crippen LogP contribution in [0, 0.1) is 11.3 Å². The second-order valence-corrected chi connectivity index (χ2v) is 3.47. The summed E-state index contributed by atoms with van der Waals surface area (Å²) in [5.41, 5.74) is -1.12. The number of aromatic nitrogens is 1. The summed E-state index contributed by atoms with van der Waals surface area (Å²) in [6.45, 7) is 1.57. The zero-order valence-electron chi connectivity index (χ0n) is 9.41. The van der Waals surface area contributed by atoms with Gasteiger partial charge >= 0.3 is 5.97 Å². The average molecular weight is 275 g/mol. The fourth-order valence-electron chi connectivity index (χ4n) is 1.30. The van der Waals surface area contributed by atoms with Crippen molar-refractivity contribution in [1.82, 2.24) is 4.98 Å². The van der Waals surface area contributed by atoms with E-state index in [0.29, 0.717) is 0 Å². The van der Waals surface area contributed by atoms with Crippen molar-refractivity contribution in [1.29, 1.82) is 5.26 Å². The molecule has 0 amide bonds. The molecule has 0 aliphatic carbocycles. The fraction of sp³-hybridized carbons (Fsp3) is 0.364. The highest BCUT2D eigenvalue weighted by Gasteiger charge is 2.23. The summed E-state index contributed by atoms with van der Waals surface area (Å²) >= 11 is 5.53. The number of halogens is 3. The first kappa shape index (κ1) is 14.3. The van der Waals surface area contributed by atoms with Crippen LogP contribution in [0.15, 0.2) is 6.07 Å². The van der Waals surface area contributed by atoms with Crippen molar-refractivity contribution in [2.75, 3.05) is 6.61 Å². The highest BCUT2D eigenvalue weighted by atomic mass is 35.5. The van der Waals surface area contributed by atoms with E-state index in [1.165, 1.54) is 6.92 Å². The van der Waals surface area contributed by atoms with Crippen LogP contribution in [0.2, 0.25) is 0 Å². The average Bonchev–Trinajstić information content (AvgIpc) is 2.37. The van der Waals surface area contributed by atoms with E-state index in [1.54, 1.807) is 6.07 Å². The molecule has 1 aromatic rings. The number of carbonyl (C=O) groups is 1. The molecule has 1 heterocycles. The number of hydrogen-bond donors (Lipinski definition) is 0. The van der Waals surface area contributed by atoms with Crippen LogP contribution in [0.4, 0.5) is 8.78 Å². The van der Waals surface area contributed by atoms with Crippen molar-refractivity contribution in [3.63, 3.8) is 0 Å². The first-order chi connectivity index (χ1) is 8.54. The van der Waals surface area contributed by atoms with Crippen LogP contribution in [0.5, 0.6) is 0 Å². The van der Waals surface area contributed by atoms with Gasteiger partial charge in [0.2, 0.25) is 0 Å². The molecule has 0 aromatic carbocycles. The Kier molecular flexibility index (Phi) is 4.98. The second kappa shape index (κ2) is 6.26. The summed E-state index contributed by atoms with van der Waals surface area (Å²) in [4.78, 5) is 15.1. The largest absolute Gasteiger partial charge is 0.461 e. The van der Waals surface area contributed by atoms with E-state index in [9.17, 15) is 13.6 Å². The number of hydrogen-bond acceptors (Lipinski definition) is 4. The lowest BCUT2D eigenvalue weighted by Crippen LogP contribution is -2.13. The zero-order chi connectivity index (χ0) is 13.7. The molecule has 4 nitrogen and oxygen atoms in total. The molecule has 1 rings (SSSR count). The lowest BCUT2D eigenvalue weighted by Gasteiger charge is -2.09. The van der Waals surface area contributed by atoms with Gasteiger partial charge < -0.3 is 4.74 Å². The van der Waals surface area contributed by atoms with Crippen LogP contribution in [0.3, 0.4) is 0 Å². The maximum Gasteiger partial charge on any atom is 0.357 e. The molecule has 0 radical (unpaired) electrons. The number of carbonyl (C=O) groups excluding carboxylic acids is 1. The van der Waals surface area contributed by atoms with Gasteiger partial charge in [0.1, 0.15) is 11.8 Å². The minimum absolute atomic E-state index is 0.0301. The van der Waals surface area contributed by atoms with E-state index in [0.717, 1.165) is 6.07 Å². The van der Waals surface area contributed by atoms with Gasteiger partial charge in [-0.2, -0.15) is 5.26 Å². The number of rotatable bonds is 4. The summed E-state index contributed by atoms with van der Waals surface area (Å²) < 4.78 is 30.2. The summed E-state index contributed by atoms with van der Waals surface area (Å²) in [6.07, 6.45) is -2.90. The molecule has 0 saturated carbocycles. The van der Waals surface area contributed by atoms with Gasteiger partial charge in [0, 0.05) is 5.56 Å². The summed E-state index contributed by atoms with van der Waals surface area (Å²) in [5.74, 6) is -1.12. The zero-order valence-corrected chi connectivity index (χ0v) is 10.2. The van der Waals surface area contributed by atoms with Crippen molar-refractivity contribution < 1.29 is 18.3 Å². The Morgan fingerprint density at radius 1 is 1.67 bits per heavy atom. The number of nitriles is 1. The number of pyridine rings is 1. The van der Waals surface area contributed by atoms with E-state index in [2.05, 4.69) is 9.72 Å². The van der Waals surface area contributed by atoms with Crippen LogP contribution >= 0.6 is 11.6 Å². The monoisotopic (exact) mass is 274 g/mol. The first-order valence-electron chi connectivity index (χ1n) is 5.00. The van der Waals surface area contributed by atoms with E-state index >= 15 is 0 Å². The Hall–Kier alpha value is -1.74. The minimum atomic E-state index is -2.90. The highest BCUT2D eigenvalue weighted by molar-refractivity contribution is 6.17. The minimum Gasteiger partial charge on any atom is -0.461 e. The quantitative estimate of drug-likeness (QED) is 0.625. The highest BCUT2D eigenvalue weighted by Crippen LogP contribution is 2.25. The summed E-state index contributed by atoms with van der Waals surface area (Å²) in [6, 6.07) is 2.71. The van der Waals surface area contributed by atoms with Gasteiger partial charge in [-0.15, -0.1) is 11.6 Å². The molecule has 0 unspecified atom stereocenters. The van der Waals surface area contributed by atoms with Crippen molar-refractivity contribution >= 4 is 17.6 Å². The SMILES string of the molecule is CCOC(=O)c1nc(C#N)c(CCl)cc1C(F)F. The number of nitrogens with zero attached hydrogens (tertiary/aromatic N) is 2. The molecule has 0 aliphatic rings. The van der Waals surface area contributed by atoms with E-state index in [-0.39, 0.29) is 23.7 Å². The van der Waals surface area contributed by atoms with Crippen LogP contribution in [0.25, 0.3) is 0 Å². The van der Waals surface area contributed by atoms with Crippen LogP contribution < -0.4 is 0 Å². The van der Waals surface area contributed by atoms with Gasteiger partial charge in [-0.1, -0.05) is 0 Å². The van der Waals surface area contributed by atoms with Crippen molar-refractivity contribution in [2.24, 2.45) is 0 Å². The Bertz CT molecular complexity index is 501. The van der Waals surface area contributed by atoms with Gasteiger partial charge in [0.05, 0.1) is 18.1 Å². The molecule has 0 spiro atoms. The van der Waals surface area contributed by atoms with E-state index in [4.69, 9.17) is 16.9 Å². The van der Waals surface area contributed by atoms with Crippen molar-refractivity contribution in [3.8, 4) is 6.07 Å². The predicted molar refractivity (Wildman–Crippen MR) is 59.4 cm³/mol. The molecule has 1 aromatic heterocycles. The number of esters is 1. The Morgan fingerprint density at radius 3 is 2.78 bits per heavy atom. The molecule has 0 aliphatic heterocycles. The van der Waals surface area contributed by atoms with Gasteiger partial charge in [-0.3, -0.25) is 0 Å². The molecule has 18 heavy (non-hydrogen) atoms. The Balaban J connectivity index is 3.39. The smallest absolute Gasteiger partial charge is 0.357 e. The van der Waals surface area contributed by atoms with Crippen molar-refractivity contribution in [3.05, 3.63) is 28.6 Å². The third kappa shape index (κ3) is 2.93. The number of alkyl halides is 3.